The second-order valence-corrected chi connectivity index (χ2v) is 10.3. The van der Waals surface area contributed by atoms with Crippen LogP contribution in [0.5, 0.6) is 0 Å². The van der Waals surface area contributed by atoms with Gasteiger partial charge in [-0.15, -0.1) is 5.10 Å². The summed E-state index contributed by atoms with van der Waals surface area (Å²) in [5.41, 5.74) is 2.58. The number of nitrogens with zero attached hydrogens (tertiary/aromatic N) is 6. The van der Waals surface area contributed by atoms with E-state index in [0.717, 1.165) is 65.6 Å². The van der Waals surface area contributed by atoms with Crippen LogP contribution in [-0.2, 0) is 6.54 Å². The van der Waals surface area contributed by atoms with Gasteiger partial charge in [0.25, 0.3) is 0 Å². The van der Waals surface area contributed by atoms with Crippen molar-refractivity contribution in [2.24, 2.45) is 0 Å². The van der Waals surface area contributed by atoms with Gasteiger partial charge in [-0.1, -0.05) is 17.4 Å². The predicted molar refractivity (Wildman–Crippen MR) is 131 cm³/mol. The zero-order valence-electron chi connectivity index (χ0n) is 19.1. The molecule has 172 valence electrons. The van der Waals surface area contributed by atoms with E-state index in [4.69, 9.17) is 10.1 Å². The smallest absolute Gasteiger partial charge is 0.216 e. The van der Waals surface area contributed by atoms with Crippen molar-refractivity contribution in [2.45, 2.75) is 32.9 Å². The largest absolute Gasteiger partial charge is 0.364 e. The molecule has 4 aromatic rings. The molecule has 0 amide bonds. The van der Waals surface area contributed by atoms with E-state index in [1.54, 1.807) is 23.5 Å². The van der Waals surface area contributed by atoms with Crippen LogP contribution in [0.4, 0.5) is 15.3 Å². The number of rotatable bonds is 5. The first kappa shape index (κ1) is 21.8. The fourth-order valence-electron chi connectivity index (χ4n) is 3.96. The molecule has 4 heterocycles. The van der Waals surface area contributed by atoms with Gasteiger partial charge in [-0.05, 0) is 57.2 Å². The van der Waals surface area contributed by atoms with Gasteiger partial charge in [-0.3, -0.25) is 9.88 Å². The van der Waals surface area contributed by atoms with E-state index < -0.39 is 0 Å². The molecule has 0 spiro atoms. The van der Waals surface area contributed by atoms with Gasteiger partial charge >= 0.3 is 0 Å². The van der Waals surface area contributed by atoms with Crippen LogP contribution in [0.3, 0.4) is 0 Å². The number of fused-ring (bicyclic) bond motifs is 1. The fourth-order valence-corrected chi connectivity index (χ4v) is 4.91. The van der Waals surface area contributed by atoms with Gasteiger partial charge in [-0.25, -0.2) is 9.37 Å². The molecule has 0 atom stereocenters. The highest BCUT2D eigenvalue weighted by atomic mass is 32.1. The summed E-state index contributed by atoms with van der Waals surface area (Å²) in [6, 6.07) is 12.5. The number of halogens is 1. The minimum absolute atomic E-state index is 0.175. The molecule has 1 aromatic carbocycles. The zero-order valence-corrected chi connectivity index (χ0v) is 19.9. The lowest BCUT2D eigenvalue weighted by molar-refractivity contribution is 0.247. The third kappa shape index (κ3) is 4.84. The molecule has 0 aliphatic carbocycles. The molecule has 9 heteroatoms. The highest BCUT2D eigenvalue weighted by Crippen LogP contribution is 2.35. The van der Waals surface area contributed by atoms with Crippen LogP contribution >= 0.6 is 11.3 Å². The minimum atomic E-state index is -0.257. The number of aromatic nitrogens is 4. The number of hydrogen-bond donors (Lipinski definition) is 1. The van der Waals surface area contributed by atoms with Crippen molar-refractivity contribution in [1.29, 1.82) is 0 Å². The summed E-state index contributed by atoms with van der Waals surface area (Å²) >= 11 is 1.59. The Morgan fingerprint density at radius 3 is 2.45 bits per heavy atom. The summed E-state index contributed by atoms with van der Waals surface area (Å²) in [4.78, 5) is 14.9. The normalized spacial score (nSPS) is 15.3. The Bertz CT molecular complexity index is 1220. The van der Waals surface area contributed by atoms with E-state index in [9.17, 15) is 4.39 Å². The van der Waals surface area contributed by atoms with Gasteiger partial charge in [-0.2, -0.15) is 4.52 Å². The summed E-state index contributed by atoms with van der Waals surface area (Å²) in [5, 5.41) is 9.45. The number of hydrogen-bond acceptors (Lipinski definition) is 7. The topological polar surface area (TPSA) is 61.6 Å². The minimum Gasteiger partial charge on any atom is -0.364 e. The highest BCUT2D eigenvalue weighted by molar-refractivity contribution is 7.20. The van der Waals surface area contributed by atoms with Crippen LogP contribution in [0, 0.1) is 5.82 Å². The second kappa shape index (κ2) is 8.72. The monoisotopic (exact) mass is 465 g/mol. The molecule has 1 aliphatic heterocycles. The second-order valence-electron chi connectivity index (χ2n) is 9.35. The highest BCUT2D eigenvalue weighted by Gasteiger charge is 2.25. The Labute approximate surface area is 196 Å². The first-order valence-corrected chi connectivity index (χ1v) is 12.0. The van der Waals surface area contributed by atoms with Crippen molar-refractivity contribution in [2.75, 3.05) is 36.4 Å². The number of anilines is 2. The lowest BCUT2D eigenvalue weighted by Crippen LogP contribution is -2.46. The SMILES string of the molecule is CC(C)(C)Nc1c(-c2ccc(F)cc2)nc2sc(N3CCN(Cc4ccccn4)CC3)nn12. The Morgan fingerprint density at radius 1 is 1.03 bits per heavy atom. The Kier molecular flexibility index (Phi) is 5.76. The maximum absolute atomic E-state index is 13.5. The first-order valence-electron chi connectivity index (χ1n) is 11.2. The molecule has 1 saturated heterocycles. The number of nitrogens with one attached hydrogen (secondary N) is 1. The maximum atomic E-state index is 13.5. The molecule has 0 radical (unpaired) electrons. The van der Waals surface area contributed by atoms with Crippen LogP contribution < -0.4 is 10.2 Å². The molecule has 0 bridgehead atoms. The van der Waals surface area contributed by atoms with E-state index in [-0.39, 0.29) is 11.4 Å². The quantitative estimate of drug-likeness (QED) is 0.468. The van der Waals surface area contributed by atoms with Crippen molar-refractivity contribution >= 4 is 27.2 Å². The summed E-state index contributed by atoms with van der Waals surface area (Å²) in [5.74, 6) is 0.577. The molecule has 1 fully saturated rings. The molecule has 1 aliphatic rings. The number of pyridine rings is 1. The Morgan fingerprint density at radius 2 is 1.79 bits per heavy atom. The molecule has 1 N–H and O–H groups in total. The average molecular weight is 466 g/mol. The van der Waals surface area contributed by atoms with Crippen LogP contribution in [0.2, 0.25) is 0 Å². The summed E-state index contributed by atoms with van der Waals surface area (Å²) in [7, 11) is 0. The first-order chi connectivity index (χ1) is 15.9. The average Bonchev–Trinajstić information content (AvgIpc) is 3.34. The lowest BCUT2D eigenvalue weighted by atomic mass is 10.1. The van der Waals surface area contributed by atoms with Crippen LogP contribution in [0.25, 0.3) is 16.2 Å². The zero-order chi connectivity index (χ0) is 23.0. The Balaban J connectivity index is 1.38. The van der Waals surface area contributed by atoms with Crippen molar-refractivity contribution in [3.05, 3.63) is 60.2 Å². The molecule has 7 nitrogen and oxygen atoms in total. The molecule has 0 unspecified atom stereocenters. The van der Waals surface area contributed by atoms with Crippen LogP contribution in [0.15, 0.2) is 48.7 Å². The summed E-state index contributed by atoms with van der Waals surface area (Å²) in [6.45, 7) is 10.9. The van der Waals surface area contributed by atoms with Gasteiger partial charge in [0, 0.05) is 50.0 Å². The number of piperazine rings is 1. The van der Waals surface area contributed by atoms with Crippen molar-refractivity contribution in [1.82, 2.24) is 24.5 Å². The number of benzene rings is 1. The van der Waals surface area contributed by atoms with Gasteiger partial charge in [0.1, 0.15) is 11.5 Å². The predicted octanol–water partition coefficient (Wildman–Crippen LogP) is 4.52. The van der Waals surface area contributed by atoms with Crippen molar-refractivity contribution < 1.29 is 4.39 Å². The standard InChI is InChI=1S/C24H28FN7S/c1-24(2,3)28-21-20(17-7-9-18(25)10-8-17)27-22-32(21)29-23(33-22)31-14-12-30(13-15-31)16-19-6-4-5-11-26-19/h4-11,28H,12-16H2,1-3H3. The molecular formula is C24H28FN7S. The third-order valence-electron chi connectivity index (χ3n) is 5.56. The fraction of sp³-hybridized carbons (Fsp3) is 0.375. The van der Waals surface area contributed by atoms with Gasteiger partial charge < -0.3 is 10.2 Å². The van der Waals surface area contributed by atoms with Gasteiger partial charge in [0.2, 0.25) is 10.1 Å². The van der Waals surface area contributed by atoms with E-state index >= 15 is 0 Å². The Hall–Kier alpha value is -3.04. The van der Waals surface area contributed by atoms with Crippen molar-refractivity contribution in [3.63, 3.8) is 0 Å². The molecule has 3 aromatic heterocycles. The molecule has 5 rings (SSSR count). The van der Waals surface area contributed by atoms with Gasteiger partial charge in [0.05, 0.1) is 5.69 Å². The summed E-state index contributed by atoms with van der Waals surface area (Å²) in [6.07, 6.45) is 1.85. The molecule has 0 saturated carbocycles. The van der Waals surface area contributed by atoms with E-state index in [1.807, 2.05) is 22.8 Å². The maximum Gasteiger partial charge on any atom is 0.216 e. The van der Waals surface area contributed by atoms with E-state index in [2.05, 4.69) is 46.9 Å². The molecular weight excluding hydrogens is 437 g/mol. The van der Waals surface area contributed by atoms with Crippen LogP contribution in [0.1, 0.15) is 26.5 Å². The van der Waals surface area contributed by atoms with Crippen LogP contribution in [-0.4, -0.2) is 56.2 Å². The van der Waals surface area contributed by atoms with Crippen molar-refractivity contribution in [3.8, 4) is 11.3 Å². The van der Waals surface area contributed by atoms with Gasteiger partial charge in [0.15, 0.2) is 5.82 Å². The third-order valence-corrected chi connectivity index (χ3v) is 6.53. The summed E-state index contributed by atoms with van der Waals surface area (Å²) < 4.78 is 15.4. The van der Waals surface area contributed by atoms with E-state index in [1.165, 1.54) is 12.1 Å². The number of imidazole rings is 1. The molecule has 33 heavy (non-hydrogen) atoms. The van der Waals surface area contributed by atoms with E-state index in [0.29, 0.717) is 0 Å². The lowest BCUT2D eigenvalue weighted by Gasteiger charge is -2.34.